The maximum absolute atomic E-state index is 13.2. The molecule has 0 N–H and O–H groups in total. The van der Waals surface area contributed by atoms with Gasteiger partial charge in [0.05, 0.1) is 9.72 Å². The van der Waals surface area contributed by atoms with Crippen molar-refractivity contribution in [2.75, 3.05) is 32.1 Å². The molecule has 0 saturated carbocycles. The van der Waals surface area contributed by atoms with Crippen LogP contribution in [0.4, 0.5) is 5.13 Å². The Labute approximate surface area is 175 Å². The van der Waals surface area contributed by atoms with Gasteiger partial charge in [0.25, 0.3) is 5.91 Å². The Balaban J connectivity index is 0.00000261. The molecule has 2 aromatic carbocycles. The molecule has 0 aliphatic heterocycles. The van der Waals surface area contributed by atoms with Crippen LogP contribution in [-0.2, 0) is 0 Å². The van der Waals surface area contributed by atoms with Gasteiger partial charge in [0.15, 0.2) is 5.13 Å². The fraction of sp³-hybridized carbons (Fsp3) is 0.300. The third-order valence-corrected chi connectivity index (χ3v) is 5.44. The van der Waals surface area contributed by atoms with E-state index < -0.39 is 0 Å². The van der Waals surface area contributed by atoms with Crippen LogP contribution in [0.1, 0.15) is 22.3 Å². The van der Waals surface area contributed by atoms with Crippen molar-refractivity contribution in [3.8, 4) is 0 Å². The zero-order valence-electron chi connectivity index (χ0n) is 15.6. The molecule has 0 fully saturated rings. The number of hydrogen-bond donors (Lipinski definition) is 0. The van der Waals surface area contributed by atoms with Crippen LogP contribution in [0.15, 0.2) is 42.5 Å². The molecule has 0 aliphatic rings. The van der Waals surface area contributed by atoms with Crippen LogP contribution in [0.2, 0.25) is 5.02 Å². The zero-order chi connectivity index (χ0) is 18.7. The fourth-order valence-electron chi connectivity index (χ4n) is 2.78. The highest BCUT2D eigenvalue weighted by Gasteiger charge is 2.21. The van der Waals surface area contributed by atoms with Gasteiger partial charge in [-0.1, -0.05) is 46.7 Å². The van der Waals surface area contributed by atoms with E-state index in [9.17, 15) is 4.79 Å². The molecule has 0 unspecified atom stereocenters. The molecule has 1 heterocycles. The lowest BCUT2D eigenvalue weighted by atomic mass is 10.1. The van der Waals surface area contributed by atoms with Crippen molar-refractivity contribution >= 4 is 56.6 Å². The van der Waals surface area contributed by atoms with Gasteiger partial charge in [-0.3, -0.25) is 9.69 Å². The molecule has 0 radical (unpaired) electrons. The molecule has 0 atom stereocenters. The molecule has 0 spiro atoms. The zero-order valence-corrected chi connectivity index (χ0v) is 18.0. The Hall–Kier alpha value is -1.66. The van der Waals surface area contributed by atoms with Gasteiger partial charge in [-0.25, -0.2) is 4.98 Å². The van der Waals surface area contributed by atoms with E-state index in [1.807, 2.05) is 63.5 Å². The van der Waals surface area contributed by atoms with Crippen molar-refractivity contribution < 1.29 is 4.79 Å². The van der Waals surface area contributed by atoms with E-state index in [1.165, 1.54) is 11.3 Å². The molecular weight excluding hydrogens is 401 g/mol. The Kier molecular flexibility index (Phi) is 7.62. The van der Waals surface area contributed by atoms with E-state index in [4.69, 9.17) is 11.6 Å². The second kappa shape index (κ2) is 9.51. The summed E-state index contributed by atoms with van der Waals surface area (Å²) in [7, 11) is 4.06. The number of halogens is 2. The van der Waals surface area contributed by atoms with Gasteiger partial charge in [0, 0.05) is 12.1 Å². The lowest BCUT2D eigenvalue weighted by molar-refractivity contribution is 0.0986. The summed E-state index contributed by atoms with van der Waals surface area (Å²) in [5.41, 5.74) is 2.50. The fourth-order valence-corrected chi connectivity index (χ4v) is 4.07. The molecule has 0 saturated heterocycles. The summed E-state index contributed by atoms with van der Waals surface area (Å²) >= 11 is 7.77. The number of amides is 1. The predicted octanol–water partition coefficient (Wildman–Crippen LogP) is 5.28. The summed E-state index contributed by atoms with van der Waals surface area (Å²) in [6.45, 7) is 3.51. The number of carbonyl (C=O) groups excluding carboxylic acids is 1. The number of benzene rings is 2. The molecule has 0 bridgehead atoms. The van der Waals surface area contributed by atoms with Crippen molar-refractivity contribution in [2.24, 2.45) is 0 Å². The molecule has 3 aromatic rings. The first-order valence-corrected chi connectivity index (χ1v) is 9.73. The van der Waals surface area contributed by atoms with Crippen LogP contribution in [0.3, 0.4) is 0 Å². The highest BCUT2D eigenvalue weighted by molar-refractivity contribution is 7.22. The standard InChI is InChI=1S/C20H22ClN3OS.ClH/c1-14-7-4-8-15(13-14)19(25)24(12-6-11-23(2)3)20-22-18-16(21)9-5-10-17(18)26-20;/h4-5,7-10,13H,6,11-12H2,1-3H3;1H. The second-order valence-electron chi connectivity index (χ2n) is 6.57. The van der Waals surface area contributed by atoms with Crippen LogP contribution in [0.5, 0.6) is 0 Å². The number of fused-ring (bicyclic) bond motifs is 1. The number of aryl methyl sites for hydroxylation is 1. The van der Waals surface area contributed by atoms with E-state index in [2.05, 4.69) is 9.88 Å². The maximum Gasteiger partial charge on any atom is 0.260 e. The molecule has 144 valence electrons. The van der Waals surface area contributed by atoms with Crippen LogP contribution in [0, 0.1) is 6.92 Å². The lowest BCUT2D eigenvalue weighted by Crippen LogP contribution is -2.33. The van der Waals surface area contributed by atoms with Crippen molar-refractivity contribution in [1.82, 2.24) is 9.88 Å². The average molecular weight is 424 g/mol. The summed E-state index contributed by atoms with van der Waals surface area (Å²) in [5, 5.41) is 1.31. The number of anilines is 1. The smallest absolute Gasteiger partial charge is 0.260 e. The topological polar surface area (TPSA) is 36.4 Å². The van der Waals surface area contributed by atoms with Crippen molar-refractivity contribution in [3.63, 3.8) is 0 Å². The van der Waals surface area contributed by atoms with Gasteiger partial charge in [0.2, 0.25) is 0 Å². The second-order valence-corrected chi connectivity index (χ2v) is 7.98. The number of carbonyl (C=O) groups is 1. The lowest BCUT2D eigenvalue weighted by Gasteiger charge is -2.21. The van der Waals surface area contributed by atoms with E-state index in [0.717, 1.165) is 28.7 Å². The van der Waals surface area contributed by atoms with Crippen LogP contribution in [-0.4, -0.2) is 43.0 Å². The predicted molar refractivity (Wildman–Crippen MR) is 118 cm³/mol. The molecular formula is C20H23Cl2N3OS. The number of thiazole rings is 1. The molecule has 27 heavy (non-hydrogen) atoms. The van der Waals surface area contributed by atoms with Gasteiger partial charge in [-0.05, 0) is 58.3 Å². The largest absolute Gasteiger partial charge is 0.309 e. The SMILES string of the molecule is Cc1cccc(C(=O)N(CCCN(C)C)c2nc3c(Cl)cccc3s2)c1.Cl. The Morgan fingerprint density at radius 2 is 1.89 bits per heavy atom. The molecule has 1 amide bonds. The third kappa shape index (κ3) is 5.20. The summed E-state index contributed by atoms with van der Waals surface area (Å²) in [5.74, 6) is -0.0253. The van der Waals surface area contributed by atoms with Gasteiger partial charge >= 0.3 is 0 Å². The minimum absolute atomic E-state index is 0. The first-order chi connectivity index (χ1) is 12.5. The molecule has 0 aliphatic carbocycles. The molecule has 4 nitrogen and oxygen atoms in total. The molecule has 7 heteroatoms. The van der Waals surface area contributed by atoms with E-state index >= 15 is 0 Å². The third-order valence-electron chi connectivity index (χ3n) is 4.09. The number of nitrogens with zero attached hydrogens (tertiary/aromatic N) is 3. The number of rotatable bonds is 6. The maximum atomic E-state index is 13.2. The summed E-state index contributed by atoms with van der Waals surface area (Å²) in [6, 6.07) is 13.4. The minimum Gasteiger partial charge on any atom is -0.309 e. The summed E-state index contributed by atoms with van der Waals surface area (Å²) in [4.78, 5) is 21.7. The van der Waals surface area contributed by atoms with E-state index in [1.54, 1.807) is 4.90 Å². The normalized spacial score (nSPS) is 10.9. The number of hydrogen-bond acceptors (Lipinski definition) is 4. The van der Waals surface area contributed by atoms with Crippen LogP contribution in [0.25, 0.3) is 10.2 Å². The van der Waals surface area contributed by atoms with Gasteiger partial charge < -0.3 is 4.90 Å². The highest BCUT2D eigenvalue weighted by atomic mass is 35.5. The van der Waals surface area contributed by atoms with Gasteiger partial charge in [-0.15, -0.1) is 12.4 Å². The van der Waals surface area contributed by atoms with Crippen LogP contribution < -0.4 is 4.90 Å². The van der Waals surface area contributed by atoms with Crippen molar-refractivity contribution in [3.05, 3.63) is 58.6 Å². The van der Waals surface area contributed by atoms with Crippen LogP contribution >= 0.6 is 35.3 Å². The Morgan fingerprint density at radius 1 is 1.15 bits per heavy atom. The van der Waals surface area contributed by atoms with Crippen molar-refractivity contribution in [2.45, 2.75) is 13.3 Å². The first-order valence-electron chi connectivity index (χ1n) is 8.54. The average Bonchev–Trinajstić information content (AvgIpc) is 3.03. The number of para-hydroxylation sites is 1. The van der Waals surface area contributed by atoms with E-state index in [-0.39, 0.29) is 18.3 Å². The number of aromatic nitrogens is 1. The van der Waals surface area contributed by atoms with Gasteiger partial charge in [0.1, 0.15) is 5.52 Å². The summed E-state index contributed by atoms with van der Waals surface area (Å²) < 4.78 is 0.988. The first kappa shape index (κ1) is 21.6. The molecule has 1 aromatic heterocycles. The molecule has 3 rings (SSSR count). The quantitative estimate of drug-likeness (QED) is 0.540. The van der Waals surface area contributed by atoms with Gasteiger partial charge in [-0.2, -0.15) is 0 Å². The minimum atomic E-state index is -0.0253. The van der Waals surface area contributed by atoms with Crippen molar-refractivity contribution in [1.29, 1.82) is 0 Å². The summed E-state index contributed by atoms with van der Waals surface area (Å²) in [6.07, 6.45) is 0.869. The Morgan fingerprint density at radius 3 is 2.56 bits per heavy atom. The highest BCUT2D eigenvalue weighted by Crippen LogP contribution is 2.33. The monoisotopic (exact) mass is 423 g/mol. The Bertz CT molecular complexity index is 926. The van der Waals surface area contributed by atoms with E-state index in [0.29, 0.717) is 22.3 Å².